The van der Waals surface area contributed by atoms with Crippen molar-refractivity contribution < 1.29 is 0 Å². The lowest BCUT2D eigenvalue weighted by Gasteiger charge is -2.10. The molecule has 1 aromatic rings. The van der Waals surface area contributed by atoms with Crippen molar-refractivity contribution >= 4 is 0 Å². The van der Waals surface area contributed by atoms with E-state index in [1.165, 1.54) is 31.2 Å². The molecule has 0 unspecified atom stereocenters. The number of nitrogens with zero attached hydrogens (tertiary/aromatic N) is 1. The van der Waals surface area contributed by atoms with Crippen molar-refractivity contribution in [2.75, 3.05) is 0 Å². The lowest BCUT2D eigenvalue weighted by Crippen LogP contribution is -2.24. The fraction of sp³-hybridized carbons (Fsp3) is 0.667. The summed E-state index contributed by atoms with van der Waals surface area (Å²) in [6, 6.07) is 2.99. The Labute approximate surface area is 86.3 Å². The van der Waals surface area contributed by atoms with Crippen molar-refractivity contribution in [3.8, 4) is 0 Å². The molecule has 0 amide bonds. The van der Waals surface area contributed by atoms with Crippen molar-refractivity contribution in [3.05, 3.63) is 24.0 Å². The van der Waals surface area contributed by atoms with Crippen molar-refractivity contribution in [1.29, 1.82) is 0 Å². The molecule has 1 N–H and O–H groups in total. The number of nitrogens with one attached hydrogen (secondary N) is 1. The van der Waals surface area contributed by atoms with Crippen LogP contribution in [-0.2, 0) is 13.1 Å². The summed E-state index contributed by atoms with van der Waals surface area (Å²) in [4.78, 5) is 0. The van der Waals surface area contributed by atoms with Crippen LogP contribution in [0.15, 0.2) is 18.5 Å². The molecule has 1 fully saturated rings. The SMILES string of the molecule is CCn1ccc(CNC2CCCC2)c1. The van der Waals surface area contributed by atoms with E-state index in [0.717, 1.165) is 19.1 Å². The lowest BCUT2D eigenvalue weighted by atomic mass is 10.2. The van der Waals surface area contributed by atoms with Gasteiger partial charge in [0, 0.05) is 31.5 Å². The van der Waals surface area contributed by atoms with E-state index >= 15 is 0 Å². The molecule has 1 aliphatic carbocycles. The third-order valence-electron chi connectivity index (χ3n) is 3.13. The first-order valence-electron chi connectivity index (χ1n) is 5.76. The molecule has 0 radical (unpaired) electrons. The van der Waals surface area contributed by atoms with Crippen LogP contribution in [0.2, 0.25) is 0 Å². The van der Waals surface area contributed by atoms with Crippen LogP contribution in [0.25, 0.3) is 0 Å². The Balaban J connectivity index is 1.79. The number of rotatable bonds is 4. The summed E-state index contributed by atoms with van der Waals surface area (Å²) in [5.74, 6) is 0. The first-order valence-corrected chi connectivity index (χ1v) is 5.76. The maximum Gasteiger partial charge on any atom is 0.0223 e. The van der Waals surface area contributed by atoms with Gasteiger partial charge >= 0.3 is 0 Å². The molecule has 2 nitrogen and oxygen atoms in total. The summed E-state index contributed by atoms with van der Waals surface area (Å²) in [7, 11) is 0. The number of aryl methyl sites for hydroxylation is 1. The molecule has 78 valence electrons. The van der Waals surface area contributed by atoms with Crippen LogP contribution in [-0.4, -0.2) is 10.6 Å². The van der Waals surface area contributed by atoms with Gasteiger partial charge in [0.2, 0.25) is 0 Å². The first kappa shape index (κ1) is 9.78. The van der Waals surface area contributed by atoms with Gasteiger partial charge in [-0.15, -0.1) is 0 Å². The average Bonchev–Trinajstić information content (AvgIpc) is 2.86. The van der Waals surface area contributed by atoms with Gasteiger partial charge in [0.05, 0.1) is 0 Å². The highest BCUT2D eigenvalue weighted by molar-refractivity contribution is 5.10. The standard InChI is InChI=1S/C12H20N2/c1-2-14-8-7-11(10-14)9-13-12-5-3-4-6-12/h7-8,10,12-13H,2-6,9H2,1H3. The predicted octanol–water partition coefficient (Wildman–Crippen LogP) is 2.54. The van der Waals surface area contributed by atoms with Crippen molar-refractivity contribution in [2.24, 2.45) is 0 Å². The third kappa shape index (κ3) is 2.38. The van der Waals surface area contributed by atoms with Crippen LogP contribution in [0.4, 0.5) is 0 Å². The molecule has 14 heavy (non-hydrogen) atoms. The highest BCUT2D eigenvalue weighted by Gasteiger charge is 2.13. The van der Waals surface area contributed by atoms with Crippen LogP contribution in [0.3, 0.4) is 0 Å². The maximum atomic E-state index is 3.62. The van der Waals surface area contributed by atoms with Crippen molar-refractivity contribution in [1.82, 2.24) is 9.88 Å². The fourth-order valence-electron chi connectivity index (χ4n) is 2.18. The Morgan fingerprint density at radius 2 is 2.21 bits per heavy atom. The molecule has 0 spiro atoms. The van der Waals surface area contributed by atoms with E-state index in [-0.39, 0.29) is 0 Å². The van der Waals surface area contributed by atoms with Gasteiger partial charge in [-0.25, -0.2) is 0 Å². The minimum absolute atomic E-state index is 0.778. The Bertz CT molecular complexity index is 272. The molecule has 0 saturated heterocycles. The Hall–Kier alpha value is -0.760. The Morgan fingerprint density at radius 1 is 1.43 bits per heavy atom. The normalized spacial score (nSPS) is 17.8. The van der Waals surface area contributed by atoms with Crippen molar-refractivity contribution in [2.45, 2.75) is 51.7 Å². The van der Waals surface area contributed by atoms with Gasteiger partial charge in [-0.05, 0) is 31.4 Å². The highest BCUT2D eigenvalue weighted by atomic mass is 14.9. The third-order valence-corrected chi connectivity index (χ3v) is 3.13. The number of hydrogen-bond acceptors (Lipinski definition) is 1. The summed E-state index contributed by atoms with van der Waals surface area (Å²) in [6.07, 6.45) is 9.96. The summed E-state index contributed by atoms with van der Waals surface area (Å²) in [5, 5.41) is 3.62. The van der Waals surface area contributed by atoms with Gasteiger partial charge in [-0.1, -0.05) is 12.8 Å². The van der Waals surface area contributed by atoms with E-state index in [1.54, 1.807) is 0 Å². The zero-order chi connectivity index (χ0) is 9.80. The summed E-state index contributed by atoms with van der Waals surface area (Å²) >= 11 is 0. The van der Waals surface area contributed by atoms with Crippen LogP contribution < -0.4 is 5.32 Å². The van der Waals surface area contributed by atoms with Gasteiger partial charge < -0.3 is 9.88 Å². The lowest BCUT2D eigenvalue weighted by molar-refractivity contribution is 0.524. The fourth-order valence-corrected chi connectivity index (χ4v) is 2.18. The van der Waals surface area contributed by atoms with Crippen LogP contribution >= 0.6 is 0 Å². The molecule has 1 saturated carbocycles. The average molecular weight is 192 g/mol. The molecular weight excluding hydrogens is 172 g/mol. The zero-order valence-corrected chi connectivity index (χ0v) is 9.00. The van der Waals surface area contributed by atoms with E-state index in [9.17, 15) is 0 Å². The summed E-state index contributed by atoms with van der Waals surface area (Å²) in [6.45, 7) is 4.29. The maximum absolute atomic E-state index is 3.62. The Morgan fingerprint density at radius 3 is 2.86 bits per heavy atom. The van der Waals surface area contributed by atoms with Gasteiger partial charge in [0.25, 0.3) is 0 Å². The second-order valence-corrected chi connectivity index (χ2v) is 4.21. The monoisotopic (exact) mass is 192 g/mol. The molecule has 1 heterocycles. The van der Waals surface area contributed by atoms with E-state index < -0.39 is 0 Å². The Kier molecular flexibility index (Phi) is 3.25. The molecule has 0 aliphatic heterocycles. The zero-order valence-electron chi connectivity index (χ0n) is 9.00. The van der Waals surface area contributed by atoms with Crippen LogP contribution in [0, 0.1) is 0 Å². The largest absolute Gasteiger partial charge is 0.354 e. The number of aromatic nitrogens is 1. The van der Waals surface area contributed by atoms with Crippen molar-refractivity contribution in [3.63, 3.8) is 0 Å². The first-order chi connectivity index (χ1) is 6.88. The van der Waals surface area contributed by atoms with Crippen LogP contribution in [0.5, 0.6) is 0 Å². The predicted molar refractivity (Wildman–Crippen MR) is 59.2 cm³/mol. The molecule has 1 aromatic heterocycles. The highest BCUT2D eigenvalue weighted by Crippen LogP contribution is 2.18. The second kappa shape index (κ2) is 4.65. The topological polar surface area (TPSA) is 17.0 Å². The molecule has 0 bridgehead atoms. The van der Waals surface area contributed by atoms with E-state index in [2.05, 4.69) is 35.3 Å². The van der Waals surface area contributed by atoms with E-state index in [4.69, 9.17) is 0 Å². The summed E-state index contributed by atoms with van der Waals surface area (Å²) < 4.78 is 2.23. The van der Waals surface area contributed by atoms with Gasteiger partial charge in [0.15, 0.2) is 0 Å². The molecule has 0 atom stereocenters. The molecule has 2 rings (SSSR count). The minimum Gasteiger partial charge on any atom is -0.354 e. The number of hydrogen-bond donors (Lipinski definition) is 1. The minimum atomic E-state index is 0.778. The van der Waals surface area contributed by atoms with Crippen LogP contribution in [0.1, 0.15) is 38.2 Å². The smallest absolute Gasteiger partial charge is 0.0223 e. The molecule has 1 aliphatic rings. The quantitative estimate of drug-likeness (QED) is 0.775. The molecule has 0 aromatic carbocycles. The van der Waals surface area contributed by atoms with Gasteiger partial charge in [-0.2, -0.15) is 0 Å². The van der Waals surface area contributed by atoms with E-state index in [0.29, 0.717) is 0 Å². The van der Waals surface area contributed by atoms with Gasteiger partial charge in [-0.3, -0.25) is 0 Å². The summed E-state index contributed by atoms with van der Waals surface area (Å²) in [5.41, 5.74) is 1.42. The molecule has 2 heteroatoms. The molecular formula is C12H20N2. The van der Waals surface area contributed by atoms with Gasteiger partial charge in [0.1, 0.15) is 0 Å². The van der Waals surface area contributed by atoms with E-state index in [1.807, 2.05) is 0 Å². The second-order valence-electron chi connectivity index (χ2n) is 4.21.